The van der Waals surface area contributed by atoms with Crippen LogP contribution >= 0.6 is 0 Å². The first-order valence-corrected chi connectivity index (χ1v) is 6.62. The molecule has 1 aromatic carbocycles. The van der Waals surface area contributed by atoms with Gasteiger partial charge in [0, 0.05) is 12.6 Å². The highest BCUT2D eigenvalue weighted by atomic mass is 16.6. The number of hydrogen-bond donors (Lipinski definition) is 3. The normalized spacial score (nSPS) is 11.1. The second kappa shape index (κ2) is 7.19. The van der Waals surface area contributed by atoms with Crippen molar-refractivity contribution in [3.8, 4) is 0 Å². The van der Waals surface area contributed by atoms with E-state index in [1.165, 1.54) is 5.01 Å². The van der Waals surface area contributed by atoms with Gasteiger partial charge in [0.2, 0.25) is 0 Å². The number of nitrogens with zero attached hydrogens (tertiary/aromatic N) is 3. The number of rotatable bonds is 5. The van der Waals surface area contributed by atoms with Crippen LogP contribution in [0.15, 0.2) is 53.7 Å². The SMILES string of the molecule is CN(N)C(=N)/C(=N\OCc1cccc(N)n1)c1ccccc1. The average Bonchev–Trinajstić information content (AvgIpc) is 2.52. The Bertz CT molecular complexity index is 669. The van der Waals surface area contributed by atoms with E-state index in [9.17, 15) is 0 Å². The minimum atomic E-state index is 0.0479. The van der Waals surface area contributed by atoms with Crippen molar-refractivity contribution in [3.63, 3.8) is 0 Å². The first-order valence-electron chi connectivity index (χ1n) is 6.62. The first kappa shape index (κ1) is 15.5. The molecule has 0 radical (unpaired) electrons. The number of anilines is 1. The molecular formula is C15H18N6O. The molecule has 0 unspecified atom stereocenters. The summed E-state index contributed by atoms with van der Waals surface area (Å²) in [4.78, 5) is 9.43. The van der Waals surface area contributed by atoms with Crippen LogP contribution in [-0.4, -0.2) is 28.6 Å². The van der Waals surface area contributed by atoms with Gasteiger partial charge in [-0.1, -0.05) is 41.6 Å². The number of benzene rings is 1. The van der Waals surface area contributed by atoms with Crippen LogP contribution in [0.2, 0.25) is 0 Å². The molecule has 114 valence electrons. The predicted molar refractivity (Wildman–Crippen MR) is 86.1 cm³/mol. The Morgan fingerprint density at radius 1 is 1.23 bits per heavy atom. The molecule has 0 bridgehead atoms. The first-order chi connectivity index (χ1) is 10.6. The van der Waals surface area contributed by atoms with Gasteiger partial charge in [0.25, 0.3) is 0 Å². The standard InChI is InChI=1S/C15H18N6O/c1-21(18)15(17)14(11-6-3-2-4-7-11)20-22-10-12-8-5-9-13(16)19-12/h2-9,17H,10,18H2,1H3,(H2,16,19)/b17-15?,20-14-. The zero-order valence-electron chi connectivity index (χ0n) is 12.2. The number of hydrazine groups is 1. The number of oxime groups is 1. The van der Waals surface area contributed by atoms with Crippen molar-refractivity contribution < 1.29 is 4.84 Å². The number of hydrogen-bond acceptors (Lipinski definition) is 6. The van der Waals surface area contributed by atoms with Gasteiger partial charge in [-0.25, -0.2) is 10.8 Å². The molecule has 0 aliphatic rings. The fourth-order valence-corrected chi connectivity index (χ4v) is 1.74. The van der Waals surface area contributed by atoms with Crippen molar-refractivity contribution in [2.45, 2.75) is 6.61 Å². The van der Waals surface area contributed by atoms with Gasteiger partial charge in [0.15, 0.2) is 18.2 Å². The summed E-state index contributed by atoms with van der Waals surface area (Å²) in [6.45, 7) is 0.156. The van der Waals surface area contributed by atoms with E-state index in [1.807, 2.05) is 30.3 Å². The molecule has 0 aliphatic carbocycles. The van der Waals surface area contributed by atoms with Crippen LogP contribution in [-0.2, 0) is 11.4 Å². The monoisotopic (exact) mass is 298 g/mol. The fraction of sp³-hybridized carbons (Fsp3) is 0.133. The van der Waals surface area contributed by atoms with Crippen LogP contribution in [0, 0.1) is 5.41 Å². The maximum Gasteiger partial charge on any atom is 0.165 e. The molecule has 2 aromatic rings. The lowest BCUT2D eigenvalue weighted by atomic mass is 10.1. The van der Waals surface area contributed by atoms with Gasteiger partial charge in [-0.3, -0.25) is 10.4 Å². The molecule has 0 spiro atoms. The van der Waals surface area contributed by atoms with Gasteiger partial charge in [0.05, 0.1) is 5.69 Å². The molecule has 0 atom stereocenters. The van der Waals surface area contributed by atoms with Crippen molar-refractivity contribution in [1.29, 1.82) is 5.41 Å². The number of likely N-dealkylation sites (N-methyl/N-ethyl adjacent to an activating group) is 1. The number of nitrogen functional groups attached to an aromatic ring is 1. The minimum absolute atomic E-state index is 0.0479. The van der Waals surface area contributed by atoms with Crippen LogP contribution in [0.3, 0.4) is 0 Å². The summed E-state index contributed by atoms with van der Waals surface area (Å²) in [5.41, 5.74) is 7.35. The molecule has 1 heterocycles. The highest BCUT2D eigenvalue weighted by molar-refractivity contribution is 6.46. The van der Waals surface area contributed by atoms with Gasteiger partial charge in [-0.05, 0) is 12.1 Å². The minimum Gasteiger partial charge on any atom is -0.389 e. The van der Waals surface area contributed by atoms with Crippen molar-refractivity contribution in [3.05, 3.63) is 59.8 Å². The molecular weight excluding hydrogens is 280 g/mol. The van der Waals surface area contributed by atoms with E-state index in [0.717, 1.165) is 5.56 Å². The van der Waals surface area contributed by atoms with E-state index in [1.54, 1.807) is 25.2 Å². The Kier molecular flexibility index (Phi) is 5.05. The van der Waals surface area contributed by atoms with Crippen LogP contribution in [0.25, 0.3) is 0 Å². The topological polar surface area (TPSA) is 114 Å². The number of aromatic nitrogens is 1. The van der Waals surface area contributed by atoms with E-state index < -0.39 is 0 Å². The highest BCUT2D eigenvalue weighted by Gasteiger charge is 2.13. The average molecular weight is 298 g/mol. The Hall–Kier alpha value is -2.93. The Labute approximate surface area is 128 Å². The van der Waals surface area contributed by atoms with E-state index >= 15 is 0 Å². The Balaban J connectivity index is 2.17. The number of pyridine rings is 1. The number of amidine groups is 1. The van der Waals surface area contributed by atoms with Crippen LogP contribution in [0.5, 0.6) is 0 Å². The van der Waals surface area contributed by atoms with E-state index in [0.29, 0.717) is 17.2 Å². The van der Waals surface area contributed by atoms with Gasteiger partial charge in [-0.15, -0.1) is 0 Å². The molecule has 7 nitrogen and oxygen atoms in total. The second-order valence-corrected chi connectivity index (χ2v) is 4.59. The third kappa shape index (κ3) is 4.03. The summed E-state index contributed by atoms with van der Waals surface area (Å²) in [5.74, 6) is 6.09. The summed E-state index contributed by atoms with van der Waals surface area (Å²) in [5, 5.41) is 13.2. The van der Waals surface area contributed by atoms with Gasteiger partial charge in [-0.2, -0.15) is 0 Å². The summed E-state index contributed by atoms with van der Waals surface area (Å²) in [6.07, 6.45) is 0. The Morgan fingerprint density at radius 2 is 1.95 bits per heavy atom. The molecule has 0 fully saturated rings. The van der Waals surface area contributed by atoms with Crippen molar-refractivity contribution in [1.82, 2.24) is 9.99 Å². The smallest absolute Gasteiger partial charge is 0.165 e. The van der Waals surface area contributed by atoms with Crippen molar-refractivity contribution in [2.24, 2.45) is 11.0 Å². The van der Waals surface area contributed by atoms with E-state index in [-0.39, 0.29) is 12.4 Å². The zero-order chi connectivity index (χ0) is 15.9. The fourth-order valence-electron chi connectivity index (χ4n) is 1.74. The third-order valence-electron chi connectivity index (χ3n) is 2.82. The van der Waals surface area contributed by atoms with E-state index in [4.69, 9.17) is 21.8 Å². The third-order valence-corrected chi connectivity index (χ3v) is 2.82. The predicted octanol–water partition coefficient (Wildman–Crippen LogP) is 1.37. The lowest BCUT2D eigenvalue weighted by Gasteiger charge is -2.15. The number of nitrogens with two attached hydrogens (primary N) is 2. The summed E-state index contributed by atoms with van der Waals surface area (Å²) >= 11 is 0. The summed E-state index contributed by atoms with van der Waals surface area (Å²) < 4.78 is 0. The van der Waals surface area contributed by atoms with Crippen LogP contribution < -0.4 is 11.6 Å². The lowest BCUT2D eigenvalue weighted by Crippen LogP contribution is -2.38. The Morgan fingerprint density at radius 3 is 2.59 bits per heavy atom. The van der Waals surface area contributed by atoms with Crippen molar-refractivity contribution in [2.75, 3.05) is 12.8 Å². The van der Waals surface area contributed by atoms with Crippen LogP contribution in [0.1, 0.15) is 11.3 Å². The lowest BCUT2D eigenvalue weighted by molar-refractivity contribution is 0.128. The molecule has 0 aliphatic heterocycles. The van der Waals surface area contributed by atoms with Crippen molar-refractivity contribution >= 4 is 17.4 Å². The van der Waals surface area contributed by atoms with Gasteiger partial charge >= 0.3 is 0 Å². The van der Waals surface area contributed by atoms with Gasteiger partial charge in [0.1, 0.15) is 5.82 Å². The van der Waals surface area contributed by atoms with E-state index in [2.05, 4.69) is 10.1 Å². The largest absolute Gasteiger partial charge is 0.389 e. The summed E-state index contributed by atoms with van der Waals surface area (Å²) in [7, 11) is 1.57. The second-order valence-electron chi connectivity index (χ2n) is 4.59. The maximum absolute atomic E-state index is 8.01. The molecule has 5 N–H and O–H groups in total. The molecule has 0 saturated heterocycles. The molecule has 22 heavy (non-hydrogen) atoms. The number of nitrogens with one attached hydrogen (secondary N) is 1. The molecule has 1 aromatic heterocycles. The molecule has 0 saturated carbocycles. The summed E-state index contributed by atoms with van der Waals surface area (Å²) in [6, 6.07) is 14.5. The molecule has 7 heteroatoms. The highest BCUT2D eigenvalue weighted by Crippen LogP contribution is 2.06. The maximum atomic E-state index is 8.01. The zero-order valence-corrected chi connectivity index (χ0v) is 12.2. The molecule has 2 rings (SSSR count). The quantitative estimate of drug-likeness (QED) is 0.334. The van der Waals surface area contributed by atoms with Gasteiger partial charge < -0.3 is 10.6 Å². The van der Waals surface area contributed by atoms with Crippen LogP contribution in [0.4, 0.5) is 5.82 Å². The molecule has 0 amide bonds.